The zero-order valence-corrected chi connectivity index (χ0v) is 18.5. The topological polar surface area (TPSA) is 102 Å². The summed E-state index contributed by atoms with van der Waals surface area (Å²) in [7, 11) is 3.08. The van der Waals surface area contributed by atoms with Crippen LogP contribution in [0.5, 0.6) is 5.75 Å². The van der Waals surface area contributed by atoms with Crippen molar-refractivity contribution in [2.24, 2.45) is 0 Å². The van der Waals surface area contributed by atoms with Crippen molar-refractivity contribution in [1.29, 1.82) is 0 Å². The van der Waals surface area contributed by atoms with Gasteiger partial charge in [0.05, 0.1) is 13.5 Å². The molecule has 0 aliphatic carbocycles. The predicted octanol–water partition coefficient (Wildman–Crippen LogP) is 2.67. The van der Waals surface area contributed by atoms with Gasteiger partial charge in [0.1, 0.15) is 16.9 Å². The number of Topliss-reactive ketones (excluding diaryl/α,β-unsaturated/α-hetero) is 1. The summed E-state index contributed by atoms with van der Waals surface area (Å²) < 4.78 is 23.7. The van der Waals surface area contributed by atoms with E-state index in [1.165, 1.54) is 24.5 Å². The van der Waals surface area contributed by atoms with Gasteiger partial charge in [-0.15, -0.1) is 20.4 Å². The van der Waals surface area contributed by atoms with Crippen molar-refractivity contribution in [2.45, 2.75) is 25.0 Å². The summed E-state index contributed by atoms with van der Waals surface area (Å²) >= 11 is 1.35. The van der Waals surface area contributed by atoms with Gasteiger partial charge in [-0.05, 0) is 36.2 Å². The molecule has 1 aromatic carbocycles. The Morgan fingerprint density at radius 2 is 2.12 bits per heavy atom. The van der Waals surface area contributed by atoms with Gasteiger partial charge in [0.2, 0.25) is 11.1 Å². The third-order valence-corrected chi connectivity index (χ3v) is 6.03. The van der Waals surface area contributed by atoms with Gasteiger partial charge in [-0.1, -0.05) is 23.5 Å². The fraction of sp³-hybridized carbons (Fsp3) is 0.381. The molecule has 0 amide bonds. The van der Waals surface area contributed by atoms with E-state index in [1.807, 2.05) is 23.1 Å². The smallest absolute Gasteiger partial charge is 0.233 e. The number of ketones is 1. The molecule has 0 radical (unpaired) electrons. The summed E-state index contributed by atoms with van der Waals surface area (Å²) in [4.78, 5) is 14.9. The Bertz CT molecular complexity index is 1060. The maximum Gasteiger partial charge on any atom is 0.233 e. The predicted molar refractivity (Wildman–Crippen MR) is 118 cm³/mol. The van der Waals surface area contributed by atoms with Crippen molar-refractivity contribution < 1.29 is 18.7 Å². The summed E-state index contributed by atoms with van der Waals surface area (Å²) in [6.07, 6.45) is 0.288. The van der Waals surface area contributed by atoms with E-state index in [2.05, 4.69) is 25.7 Å². The van der Waals surface area contributed by atoms with E-state index >= 15 is 0 Å². The fourth-order valence-electron chi connectivity index (χ4n) is 3.62. The van der Waals surface area contributed by atoms with E-state index < -0.39 is 12.1 Å². The van der Waals surface area contributed by atoms with Crippen LogP contribution in [0.2, 0.25) is 0 Å². The third kappa shape index (κ3) is 5.17. The third-order valence-electron chi connectivity index (χ3n) is 5.17. The quantitative estimate of drug-likeness (QED) is 0.518. The highest BCUT2D eigenvalue weighted by Crippen LogP contribution is 2.26. The van der Waals surface area contributed by atoms with Gasteiger partial charge in [-0.25, -0.2) is 0 Å². The van der Waals surface area contributed by atoms with Gasteiger partial charge < -0.3 is 19.7 Å². The Kier molecular flexibility index (Phi) is 6.86. The lowest BCUT2D eigenvalue weighted by Crippen LogP contribution is -2.26. The molecule has 3 heterocycles. The van der Waals surface area contributed by atoms with Crippen molar-refractivity contribution in [3.8, 4) is 5.75 Å². The van der Waals surface area contributed by atoms with Crippen LogP contribution in [0.1, 0.15) is 23.1 Å². The van der Waals surface area contributed by atoms with Crippen LogP contribution < -0.4 is 15.0 Å². The number of carbonyl (C=O) groups is 1. The van der Waals surface area contributed by atoms with Crippen LogP contribution in [0.25, 0.3) is 0 Å². The van der Waals surface area contributed by atoms with Gasteiger partial charge >= 0.3 is 0 Å². The number of anilines is 2. The second-order valence-corrected chi connectivity index (χ2v) is 8.39. The van der Waals surface area contributed by atoms with Crippen LogP contribution in [0, 0.1) is 5.95 Å². The van der Waals surface area contributed by atoms with Crippen LogP contribution in [0.15, 0.2) is 36.4 Å². The maximum absolute atomic E-state index is 13.0. The Balaban J connectivity index is 1.34. The number of hydrogen-bond donors (Lipinski definition) is 1. The Hall–Kier alpha value is -3.18. The van der Waals surface area contributed by atoms with E-state index in [0.29, 0.717) is 28.3 Å². The van der Waals surface area contributed by atoms with Crippen LogP contribution in [-0.4, -0.2) is 59.5 Å². The summed E-state index contributed by atoms with van der Waals surface area (Å²) in [5.74, 6) is 0.602. The number of aromatic nitrogens is 4. The first kappa shape index (κ1) is 22.0. The van der Waals surface area contributed by atoms with Gasteiger partial charge in [0, 0.05) is 26.2 Å². The molecule has 0 unspecified atom stereocenters. The number of nitrogens with zero attached hydrogens (tertiary/aromatic N) is 5. The molecule has 0 bridgehead atoms. The minimum atomic E-state index is -0.703. The number of ether oxygens (including phenoxy) is 2. The Labute approximate surface area is 188 Å². The summed E-state index contributed by atoms with van der Waals surface area (Å²) in [6.45, 7) is 1.47. The molecule has 11 heteroatoms. The van der Waals surface area contributed by atoms with Crippen molar-refractivity contribution in [3.63, 3.8) is 0 Å². The number of halogens is 1. The second kappa shape index (κ2) is 9.96. The Morgan fingerprint density at radius 1 is 1.25 bits per heavy atom. The van der Waals surface area contributed by atoms with E-state index in [4.69, 9.17) is 9.47 Å². The molecule has 4 rings (SSSR count). The first-order valence-corrected chi connectivity index (χ1v) is 10.9. The molecule has 3 aromatic rings. The number of rotatable bonds is 9. The Morgan fingerprint density at radius 3 is 2.88 bits per heavy atom. The SMILES string of the molecule is COc1cccc([C@H](OC)C(=O)Cc2nnc(N[C@@H]3CCN(c4ccc(F)nn4)C3)s2)c1. The van der Waals surface area contributed by atoms with E-state index in [1.54, 1.807) is 19.2 Å². The fourth-order valence-corrected chi connectivity index (χ4v) is 4.45. The first-order chi connectivity index (χ1) is 15.6. The van der Waals surface area contributed by atoms with Crippen LogP contribution in [-0.2, 0) is 16.0 Å². The molecular formula is C21H23FN6O3S. The molecule has 1 N–H and O–H groups in total. The molecule has 1 aliphatic heterocycles. The van der Waals surface area contributed by atoms with Crippen molar-refractivity contribution in [3.05, 3.63) is 52.9 Å². The molecule has 9 nitrogen and oxygen atoms in total. The van der Waals surface area contributed by atoms with Gasteiger partial charge in [-0.2, -0.15) is 4.39 Å². The second-order valence-electron chi connectivity index (χ2n) is 7.33. The molecule has 1 fully saturated rings. The van der Waals surface area contributed by atoms with E-state index in [0.717, 1.165) is 18.5 Å². The van der Waals surface area contributed by atoms with Gasteiger partial charge in [0.15, 0.2) is 11.6 Å². The number of benzene rings is 1. The van der Waals surface area contributed by atoms with Crippen LogP contribution >= 0.6 is 11.3 Å². The van der Waals surface area contributed by atoms with Crippen LogP contribution in [0.4, 0.5) is 15.3 Å². The molecule has 0 saturated carbocycles. The zero-order valence-electron chi connectivity index (χ0n) is 17.7. The summed E-state index contributed by atoms with van der Waals surface area (Å²) in [5, 5.41) is 20.3. The van der Waals surface area contributed by atoms with E-state index in [9.17, 15) is 9.18 Å². The number of hydrogen-bond acceptors (Lipinski definition) is 10. The molecule has 2 aromatic heterocycles. The van der Waals surface area contributed by atoms with Crippen molar-refractivity contribution >= 4 is 28.1 Å². The molecule has 32 heavy (non-hydrogen) atoms. The molecular weight excluding hydrogens is 435 g/mol. The normalized spacial score (nSPS) is 16.7. The molecule has 0 spiro atoms. The number of nitrogens with one attached hydrogen (secondary N) is 1. The molecule has 168 valence electrons. The highest BCUT2D eigenvalue weighted by atomic mass is 32.1. The zero-order chi connectivity index (χ0) is 22.5. The summed E-state index contributed by atoms with van der Waals surface area (Å²) in [6, 6.07) is 10.3. The lowest BCUT2D eigenvalue weighted by Gasteiger charge is -2.16. The first-order valence-electron chi connectivity index (χ1n) is 10.1. The monoisotopic (exact) mass is 458 g/mol. The maximum atomic E-state index is 13.0. The van der Waals surface area contributed by atoms with Gasteiger partial charge in [-0.3, -0.25) is 4.79 Å². The lowest BCUT2D eigenvalue weighted by atomic mass is 10.0. The molecule has 2 atom stereocenters. The minimum Gasteiger partial charge on any atom is -0.497 e. The summed E-state index contributed by atoms with van der Waals surface area (Å²) in [5.41, 5.74) is 0.731. The average molecular weight is 459 g/mol. The molecule has 1 saturated heterocycles. The number of methoxy groups -OCH3 is 2. The highest BCUT2D eigenvalue weighted by Gasteiger charge is 2.26. The largest absolute Gasteiger partial charge is 0.497 e. The van der Waals surface area contributed by atoms with Crippen molar-refractivity contribution in [1.82, 2.24) is 20.4 Å². The highest BCUT2D eigenvalue weighted by molar-refractivity contribution is 7.15. The number of carbonyl (C=O) groups excluding carboxylic acids is 1. The van der Waals surface area contributed by atoms with Gasteiger partial charge in [0.25, 0.3) is 0 Å². The van der Waals surface area contributed by atoms with Crippen LogP contribution in [0.3, 0.4) is 0 Å². The average Bonchev–Trinajstić information content (AvgIpc) is 3.45. The standard InChI is InChI=1S/C21H23FN6O3S/c1-30-15-5-3-4-13(10-15)20(31-2)16(29)11-19-26-27-21(32-19)23-14-8-9-28(12-14)18-7-6-17(22)24-25-18/h3-7,10,14,20H,8-9,11-12H2,1-2H3,(H,23,27)/t14-,20+/m1/s1. The van der Waals surface area contributed by atoms with E-state index in [-0.39, 0.29) is 18.2 Å². The lowest BCUT2D eigenvalue weighted by molar-refractivity contribution is -0.128. The molecule has 1 aliphatic rings. The minimum absolute atomic E-state index is 0.106. The van der Waals surface area contributed by atoms with Crippen molar-refractivity contribution in [2.75, 3.05) is 37.5 Å².